The Kier molecular flexibility index (Phi) is 3.87. The second-order valence-electron chi connectivity index (χ2n) is 5.44. The van der Waals surface area contributed by atoms with E-state index in [0.29, 0.717) is 0 Å². The molecule has 1 aliphatic heterocycles. The van der Waals surface area contributed by atoms with Crippen molar-refractivity contribution < 1.29 is 0 Å². The van der Waals surface area contributed by atoms with E-state index in [1.54, 1.807) is 0 Å². The smallest absolute Gasteiger partial charge is 0.0109 e. The summed E-state index contributed by atoms with van der Waals surface area (Å²) < 4.78 is 0. The Hall–Kier alpha value is -2.51. The normalized spacial score (nSPS) is 14.3. The predicted octanol–water partition coefficient (Wildman–Crippen LogP) is 6.22. The molecule has 0 atom stereocenters. The summed E-state index contributed by atoms with van der Waals surface area (Å²) in [7, 11) is -0.408. The fourth-order valence-electron chi connectivity index (χ4n) is 2.93. The average molecular weight is 313 g/mol. The Morgan fingerprint density at radius 2 is 1.26 bits per heavy atom. The Labute approximate surface area is 140 Å². The minimum absolute atomic E-state index is 0.408. The number of thiol groups is 1. The largest absolute Gasteiger partial charge is 0.185 e. The van der Waals surface area contributed by atoms with E-state index in [9.17, 15) is 0 Å². The summed E-state index contributed by atoms with van der Waals surface area (Å²) in [4.78, 5) is 1.30. The summed E-state index contributed by atoms with van der Waals surface area (Å²) in [5.41, 5.74) is 5.10. The molecule has 3 aromatic rings. The molecule has 1 heterocycles. The van der Waals surface area contributed by atoms with E-state index in [0.717, 1.165) is 0 Å². The zero-order valence-corrected chi connectivity index (χ0v) is 13.6. The zero-order valence-electron chi connectivity index (χ0n) is 12.7. The van der Waals surface area contributed by atoms with E-state index < -0.39 is 10.9 Å². The lowest BCUT2D eigenvalue weighted by atomic mass is 9.94. The first-order valence-electron chi connectivity index (χ1n) is 7.72. The third-order valence-electron chi connectivity index (χ3n) is 3.99. The van der Waals surface area contributed by atoms with Crippen LogP contribution in [0.15, 0.2) is 101 Å². The molecule has 0 aliphatic carbocycles. The molecule has 0 saturated carbocycles. The first kappa shape index (κ1) is 14.1. The minimum atomic E-state index is -0.408. The number of hydrogen-bond donors (Lipinski definition) is 1. The highest BCUT2D eigenvalue weighted by Crippen LogP contribution is 2.49. The van der Waals surface area contributed by atoms with Crippen molar-refractivity contribution in [3.63, 3.8) is 0 Å². The van der Waals surface area contributed by atoms with E-state index in [-0.39, 0.29) is 0 Å². The average Bonchev–Trinajstić information content (AvgIpc) is 3.17. The summed E-state index contributed by atoms with van der Waals surface area (Å²) in [6, 6.07) is 29.0. The summed E-state index contributed by atoms with van der Waals surface area (Å²) in [5.74, 6) is 0. The molecular weight excluding hydrogens is 296 g/mol. The maximum atomic E-state index is 3.51. The Morgan fingerprint density at radius 1 is 0.652 bits per heavy atom. The summed E-state index contributed by atoms with van der Waals surface area (Å²) in [6.45, 7) is 0. The Bertz CT molecular complexity index is 849. The first-order valence-corrected chi connectivity index (χ1v) is 9.20. The van der Waals surface area contributed by atoms with Crippen LogP contribution in [0, 0.1) is 6.07 Å². The number of benzene rings is 3. The van der Waals surface area contributed by atoms with Gasteiger partial charge in [0.15, 0.2) is 0 Å². The van der Waals surface area contributed by atoms with Crippen molar-refractivity contribution in [1.82, 2.24) is 0 Å². The molecule has 0 nitrogen and oxygen atoms in total. The van der Waals surface area contributed by atoms with Gasteiger partial charge in [0, 0.05) is 10.5 Å². The molecule has 3 aromatic carbocycles. The van der Waals surface area contributed by atoms with Crippen LogP contribution in [0.5, 0.6) is 0 Å². The van der Waals surface area contributed by atoms with Gasteiger partial charge in [-0.15, -0.1) is 0 Å². The highest BCUT2D eigenvalue weighted by molar-refractivity contribution is 8.22. The van der Waals surface area contributed by atoms with Crippen molar-refractivity contribution in [1.29, 1.82) is 0 Å². The van der Waals surface area contributed by atoms with E-state index in [4.69, 9.17) is 0 Å². The first-order chi connectivity index (χ1) is 11.4. The SMILES string of the molecule is [c]1ccc(-c2ccccc2)c(-c2ccccc2)c1[SH]1C=CC=C1. The second-order valence-corrected chi connectivity index (χ2v) is 7.30. The molecule has 0 fully saturated rings. The van der Waals surface area contributed by atoms with Crippen molar-refractivity contribution in [3.8, 4) is 22.3 Å². The maximum absolute atomic E-state index is 3.51. The van der Waals surface area contributed by atoms with Crippen LogP contribution in [0.2, 0.25) is 0 Å². The topological polar surface area (TPSA) is 0 Å². The van der Waals surface area contributed by atoms with Crippen molar-refractivity contribution in [3.05, 3.63) is 102 Å². The quantitative estimate of drug-likeness (QED) is 0.545. The molecule has 0 spiro atoms. The van der Waals surface area contributed by atoms with Gasteiger partial charge in [-0.2, -0.15) is 10.9 Å². The third kappa shape index (κ3) is 2.76. The van der Waals surface area contributed by atoms with Crippen LogP contribution in [0.25, 0.3) is 22.3 Å². The van der Waals surface area contributed by atoms with Gasteiger partial charge in [-0.25, -0.2) is 0 Å². The van der Waals surface area contributed by atoms with Crippen LogP contribution < -0.4 is 0 Å². The Morgan fingerprint density at radius 3 is 1.91 bits per heavy atom. The van der Waals surface area contributed by atoms with Gasteiger partial charge in [0.25, 0.3) is 0 Å². The van der Waals surface area contributed by atoms with E-state index in [2.05, 4.69) is 102 Å². The molecule has 0 unspecified atom stereocenters. The summed E-state index contributed by atoms with van der Waals surface area (Å²) in [6.07, 6.45) is 4.28. The molecule has 4 rings (SSSR count). The number of allylic oxidation sites excluding steroid dienone is 2. The van der Waals surface area contributed by atoms with Gasteiger partial charge in [-0.1, -0.05) is 84.9 Å². The van der Waals surface area contributed by atoms with E-state index in [1.807, 2.05) is 0 Å². The third-order valence-corrected chi connectivity index (χ3v) is 5.84. The van der Waals surface area contributed by atoms with Crippen molar-refractivity contribution in [2.45, 2.75) is 4.90 Å². The minimum Gasteiger partial charge on any atom is -0.185 e. The van der Waals surface area contributed by atoms with Gasteiger partial charge in [-0.05, 0) is 33.6 Å². The molecule has 0 bridgehead atoms. The van der Waals surface area contributed by atoms with Gasteiger partial charge < -0.3 is 0 Å². The van der Waals surface area contributed by atoms with E-state index >= 15 is 0 Å². The molecule has 0 saturated heterocycles. The Balaban J connectivity index is 1.98. The van der Waals surface area contributed by atoms with Gasteiger partial charge >= 0.3 is 0 Å². The lowest BCUT2D eigenvalue weighted by molar-refractivity contribution is 1.42. The monoisotopic (exact) mass is 313 g/mol. The van der Waals surface area contributed by atoms with E-state index in [1.165, 1.54) is 27.1 Å². The van der Waals surface area contributed by atoms with Gasteiger partial charge in [0.1, 0.15) is 0 Å². The van der Waals surface area contributed by atoms with Crippen LogP contribution in [0.3, 0.4) is 0 Å². The fraction of sp³-hybridized carbons (Fsp3) is 0. The number of hydrogen-bond acceptors (Lipinski definition) is 0. The van der Waals surface area contributed by atoms with Crippen molar-refractivity contribution >= 4 is 10.9 Å². The molecule has 23 heavy (non-hydrogen) atoms. The molecule has 1 radical (unpaired) electrons. The molecule has 1 heteroatoms. The molecule has 0 aromatic heterocycles. The van der Waals surface area contributed by atoms with Gasteiger partial charge in [0.2, 0.25) is 0 Å². The van der Waals surface area contributed by atoms with Crippen molar-refractivity contribution in [2.24, 2.45) is 0 Å². The van der Waals surface area contributed by atoms with Crippen LogP contribution >= 0.6 is 10.9 Å². The van der Waals surface area contributed by atoms with Gasteiger partial charge in [0.05, 0.1) is 0 Å². The summed E-state index contributed by atoms with van der Waals surface area (Å²) in [5, 5.41) is 4.59. The van der Waals surface area contributed by atoms with Crippen LogP contribution in [-0.2, 0) is 0 Å². The standard InChI is InChI=1S/C22H17S/c1-3-10-18(11-4-1)20-14-9-15-21(23-16-7-8-17-23)22(20)19-12-5-2-6-13-19/h1-14,16-17,23H. The highest BCUT2D eigenvalue weighted by Gasteiger charge is 2.15. The molecule has 0 amide bonds. The summed E-state index contributed by atoms with van der Waals surface area (Å²) >= 11 is 0. The maximum Gasteiger partial charge on any atom is 0.0109 e. The van der Waals surface area contributed by atoms with Crippen LogP contribution in [0.4, 0.5) is 0 Å². The van der Waals surface area contributed by atoms with Gasteiger partial charge in [-0.3, -0.25) is 0 Å². The number of rotatable bonds is 3. The van der Waals surface area contributed by atoms with Crippen LogP contribution in [-0.4, -0.2) is 0 Å². The molecular formula is C22H17S. The lowest BCUT2D eigenvalue weighted by Gasteiger charge is -2.20. The molecule has 1 aliphatic rings. The molecule has 0 N–H and O–H groups in total. The lowest BCUT2D eigenvalue weighted by Crippen LogP contribution is -1.90. The zero-order chi connectivity index (χ0) is 15.5. The highest BCUT2D eigenvalue weighted by atomic mass is 32.2. The predicted molar refractivity (Wildman–Crippen MR) is 102 cm³/mol. The molecule has 111 valence electrons. The van der Waals surface area contributed by atoms with Crippen molar-refractivity contribution in [2.75, 3.05) is 0 Å². The second kappa shape index (κ2) is 6.31. The fourth-order valence-corrected chi connectivity index (χ4v) is 4.63. The van der Waals surface area contributed by atoms with Crippen LogP contribution in [0.1, 0.15) is 0 Å².